The number of likely N-dealkylation sites (tertiary alicyclic amines) is 1. The van der Waals surface area contributed by atoms with Gasteiger partial charge in [0.1, 0.15) is 34.2 Å². The summed E-state index contributed by atoms with van der Waals surface area (Å²) in [6.07, 6.45) is 5.36. The lowest BCUT2D eigenvalue weighted by Crippen LogP contribution is -2.33. The Morgan fingerprint density at radius 3 is 2.78 bits per heavy atom. The minimum atomic E-state index is -0.719. The van der Waals surface area contributed by atoms with Gasteiger partial charge in [-0.05, 0) is 45.0 Å². The summed E-state index contributed by atoms with van der Waals surface area (Å²) in [5.41, 5.74) is 5.83. The van der Waals surface area contributed by atoms with E-state index in [1.807, 2.05) is 24.3 Å². The van der Waals surface area contributed by atoms with Gasteiger partial charge in [-0.2, -0.15) is 10.5 Å². The van der Waals surface area contributed by atoms with Crippen molar-refractivity contribution in [3.63, 3.8) is 0 Å². The molecule has 0 atom stereocenters. The van der Waals surface area contributed by atoms with Crippen LogP contribution in [0, 0.1) is 22.7 Å². The molecule has 9 nitrogen and oxygen atoms in total. The lowest BCUT2D eigenvalue weighted by molar-refractivity contribution is -0.116. The predicted octanol–water partition coefficient (Wildman–Crippen LogP) is 1.27. The van der Waals surface area contributed by atoms with Crippen LogP contribution in [0.15, 0.2) is 40.8 Å². The Kier molecular flexibility index (Phi) is 10.1. The third-order valence-electron chi connectivity index (χ3n) is 5.50. The van der Waals surface area contributed by atoms with Crippen LogP contribution in [0.5, 0.6) is 5.75 Å². The molecular weight excluding hydrogens is 476 g/mol. The van der Waals surface area contributed by atoms with E-state index in [0.29, 0.717) is 22.3 Å². The molecule has 0 radical (unpaired) electrons. The van der Waals surface area contributed by atoms with Crippen molar-refractivity contribution in [1.82, 2.24) is 14.8 Å². The molecule has 3 rings (SSSR count). The van der Waals surface area contributed by atoms with E-state index in [0.717, 1.165) is 42.4 Å². The molecule has 1 amide bonds. The van der Waals surface area contributed by atoms with E-state index in [-0.39, 0.29) is 17.7 Å². The number of nitrogens with zero attached hydrogens (tertiary/aromatic N) is 4. The summed E-state index contributed by atoms with van der Waals surface area (Å²) in [4.78, 5) is 27.2. The highest BCUT2D eigenvalue weighted by molar-refractivity contribution is 7.07. The smallest absolute Gasteiger partial charge is 0.277 e. The average molecular weight is 505 g/mol. The van der Waals surface area contributed by atoms with Gasteiger partial charge in [0.15, 0.2) is 5.57 Å². The van der Waals surface area contributed by atoms with Crippen LogP contribution < -0.4 is 30.1 Å². The number of hydrogen-bond donors (Lipinski definition) is 2. The number of ether oxygens (including phenoxy) is 1. The number of anilines is 1. The normalized spacial score (nSPS) is 12.9. The number of carbonyl (C=O) groups is 1. The molecule has 2 heterocycles. The number of rotatable bonds is 9. The SMILES string of the molecule is CCn1c(=C=C(C#N)C(=O)NCC#N)sc(=C=CNc2cccc(OCCN3CCCCC3)c2)c1=O. The van der Waals surface area contributed by atoms with Gasteiger partial charge in [-0.15, -0.1) is 0 Å². The molecular formula is C26H28N6O3S. The van der Waals surface area contributed by atoms with Crippen molar-refractivity contribution in [1.29, 1.82) is 10.5 Å². The van der Waals surface area contributed by atoms with Gasteiger partial charge in [0, 0.05) is 31.0 Å². The van der Waals surface area contributed by atoms with E-state index in [2.05, 4.69) is 27.0 Å². The molecule has 10 heteroatoms. The second kappa shape index (κ2) is 13.7. The maximum atomic E-state index is 12.7. The molecule has 1 aliphatic rings. The van der Waals surface area contributed by atoms with E-state index < -0.39 is 5.91 Å². The molecule has 0 unspecified atom stereocenters. The highest BCUT2D eigenvalue weighted by Crippen LogP contribution is 2.17. The first-order chi connectivity index (χ1) is 17.5. The zero-order valence-corrected chi connectivity index (χ0v) is 21.0. The fourth-order valence-electron chi connectivity index (χ4n) is 3.67. The van der Waals surface area contributed by atoms with Gasteiger partial charge < -0.3 is 15.4 Å². The van der Waals surface area contributed by atoms with Crippen molar-refractivity contribution in [2.45, 2.75) is 32.7 Å². The van der Waals surface area contributed by atoms with Crippen LogP contribution in [0.3, 0.4) is 0 Å². The van der Waals surface area contributed by atoms with Gasteiger partial charge >= 0.3 is 0 Å². The predicted molar refractivity (Wildman–Crippen MR) is 138 cm³/mol. The molecule has 0 saturated carbocycles. The molecule has 0 aliphatic carbocycles. The molecule has 2 N–H and O–H groups in total. The van der Waals surface area contributed by atoms with Gasteiger partial charge in [-0.3, -0.25) is 19.1 Å². The highest BCUT2D eigenvalue weighted by Gasteiger charge is 2.10. The van der Waals surface area contributed by atoms with Crippen molar-refractivity contribution in [3.05, 3.63) is 55.6 Å². The zero-order chi connectivity index (χ0) is 25.8. The Morgan fingerprint density at radius 1 is 1.25 bits per heavy atom. The Bertz CT molecular complexity index is 1410. The van der Waals surface area contributed by atoms with Crippen molar-refractivity contribution < 1.29 is 9.53 Å². The van der Waals surface area contributed by atoms with Crippen LogP contribution in [0.1, 0.15) is 26.2 Å². The number of amides is 1. The number of nitrogens with one attached hydrogen (secondary N) is 2. The fraction of sp³-hybridized carbons (Fsp3) is 0.385. The first-order valence-corrected chi connectivity index (χ1v) is 12.6. The summed E-state index contributed by atoms with van der Waals surface area (Å²) in [5.74, 6) is 0.0407. The summed E-state index contributed by atoms with van der Waals surface area (Å²) < 4.78 is 7.94. The van der Waals surface area contributed by atoms with Crippen molar-refractivity contribution in [2.75, 3.05) is 38.1 Å². The van der Waals surface area contributed by atoms with E-state index in [1.165, 1.54) is 23.8 Å². The van der Waals surface area contributed by atoms with Crippen LogP contribution in [0.25, 0.3) is 11.5 Å². The molecule has 1 aromatic heterocycles. The van der Waals surface area contributed by atoms with Crippen LogP contribution in [-0.2, 0) is 11.3 Å². The lowest BCUT2D eigenvalue weighted by atomic mass is 10.1. The molecule has 1 aromatic carbocycles. The van der Waals surface area contributed by atoms with Crippen molar-refractivity contribution >= 4 is 34.4 Å². The van der Waals surface area contributed by atoms with E-state index in [4.69, 9.17) is 10.00 Å². The van der Waals surface area contributed by atoms with Crippen LogP contribution >= 0.6 is 11.3 Å². The lowest BCUT2D eigenvalue weighted by Gasteiger charge is -2.26. The van der Waals surface area contributed by atoms with E-state index >= 15 is 0 Å². The molecule has 36 heavy (non-hydrogen) atoms. The third kappa shape index (κ3) is 7.48. The summed E-state index contributed by atoms with van der Waals surface area (Å²) in [7, 11) is 0. The number of hydrogen-bond acceptors (Lipinski definition) is 8. The maximum absolute atomic E-state index is 12.7. The Morgan fingerprint density at radius 2 is 2.06 bits per heavy atom. The first-order valence-electron chi connectivity index (χ1n) is 11.8. The Balaban J connectivity index is 1.77. The van der Waals surface area contributed by atoms with Gasteiger partial charge in [0.05, 0.1) is 6.07 Å². The third-order valence-corrected chi connectivity index (χ3v) is 6.51. The molecule has 0 bridgehead atoms. The van der Waals surface area contributed by atoms with Crippen LogP contribution in [-0.4, -0.2) is 48.2 Å². The van der Waals surface area contributed by atoms with Crippen molar-refractivity contribution in [3.8, 4) is 17.9 Å². The standard InChI is InChI=1S/C26H28N6O3S/c1-2-32-24(17-20(19-28)25(33)30-12-10-27)36-23(26(32)34)9-11-29-21-7-6-8-22(18-21)35-16-15-31-13-4-3-5-14-31/h6-8,11,18,29H,2-5,12-16H2,1H3,(H,30,33). The average Bonchev–Trinajstić information content (AvgIpc) is 3.20. The highest BCUT2D eigenvalue weighted by atomic mass is 32.1. The number of nitriles is 2. The number of piperidine rings is 1. The van der Waals surface area contributed by atoms with Crippen LogP contribution in [0.4, 0.5) is 5.69 Å². The first kappa shape index (κ1) is 26.6. The largest absolute Gasteiger partial charge is 0.492 e. The summed E-state index contributed by atoms with van der Waals surface area (Å²) in [5, 5.41) is 23.3. The summed E-state index contributed by atoms with van der Waals surface area (Å²) >= 11 is 1.07. The monoisotopic (exact) mass is 504 g/mol. The van der Waals surface area contributed by atoms with Gasteiger partial charge in [-0.25, -0.2) is 0 Å². The van der Waals surface area contributed by atoms with E-state index in [9.17, 15) is 14.9 Å². The molecule has 186 valence electrons. The molecule has 1 aliphatic heterocycles. The molecule has 2 aromatic rings. The Hall–Kier alpha value is -4.04. The van der Waals surface area contributed by atoms with Crippen molar-refractivity contribution in [2.24, 2.45) is 0 Å². The van der Waals surface area contributed by atoms with E-state index in [1.54, 1.807) is 25.3 Å². The number of aromatic nitrogens is 1. The fourth-order valence-corrected chi connectivity index (χ4v) is 4.65. The number of carbonyl (C=O) groups excluding carboxylic acids is 1. The zero-order valence-electron chi connectivity index (χ0n) is 20.2. The van der Waals surface area contributed by atoms with Gasteiger partial charge in [0.2, 0.25) is 0 Å². The van der Waals surface area contributed by atoms with Gasteiger partial charge in [0.25, 0.3) is 11.5 Å². The molecule has 1 saturated heterocycles. The minimum Gasteiger partial charge on any atom is -0.492 e. The molecule has 1 fully saturated rings. The second-order valence-electron chi connectivity index (χ2n) is 7.95. The quantitative estimate of drug-likeness (QED) is 0.299. The minimum absolute atomic E-state index is 0.227. The van der Waals surface area contributed by atoms with Crippen LogP contribution in [0.2, 0.25) is 0 Å². The maximum Gasteiger partial charge on any atom is 0.277 e. The van der Waals surface area contributed by atoms with Gasteiger partial charge in [-0.1, -0.05) is 35.3 Å². The summed E-state index contributed by atoms with van der Waals surface area (Å²) in [6.45, 7) is 5.70. The second-order valence-corrected chi connectivity index (χ2v) is 8.95. The number of benzene rings is 1. The summed E-state index contributed by atoms with van der Waals surface area (Å²) in [6, 6.07) is 11.1. The Labute approximate surface area is 213 Å². The topological polar surface area (TPSA) is 123 Å². The number of thiazole rings is 1. The molecule has 0 spiro atoms.